The molecule has 0 amide bonds. The SMILES string of the molecule is CC(C)C[C@H](NS(C)(=O)=O)c1ccccc1. The third-order valence-electron chi connectivity index (χ3n) is 2.27. The normalized spacial score (nSPS) is 14.0. The summed E-state index contributed by atoms with van der Waals surface area (Å²) in [6, 6.07) is 9.54. The molecule has 0 aliphatic rings. The summed E-state index contributed by atoms with van der Waals surface area (Å²) in [6.07, 6.45) is 2.00. The van der Waals surface area contributed by atoms with Crippen molar-refractivity contribution < 1.29 is 8.42 Å². The lowest BCUT2D eigenvalue weighted by molar-refractivity contribution is 0.473. The topological polar surface area (TPSA) is 46.2 Å². The lowest BCUT2D eigenvalue weighted by atomic mass is 9.98. The summed E-state index contributed by atoms with van der Waals surface area (Å²) in [5.74, 6) is 0.444. The molecule has 0 saturated carbocycles. The molecule has 0 bridgehead atoms. The Kier molecular flexibility index (Phi) is 4.50. The summed E-state index contributed by atoms with van der Waals surface area (Å²) < 4.78 is 25.2. The Morgan fingerprint density at radius 1 is 1.19 bits per heavy atom. The van der Waals surface area contributed by atoms with E-state index in [0.29, 0.717) is 5.92 Å². The van der Waals surface area contributed by atoms with Crippen LogP contribution in [-0.4, -0.2) is 14.7 Å². The Morgan fingerprint density at radius 2 is 1.75 bits per heavy atom. The minimum absolute atomic E-state index is 0.129. The molecule has 1 N–H and O–H groups in total. The van der Waals surface area contributed by atoms with E-state index in [2.05, 4.69) is 18.6 Å². The summed E-state index contributed by atoms with van der Waals surface area (Å²) in [6.45, 7) is 4.17. The Hall–Kier alpha value is -0.870. The highest BCUT2D eigenvalue weighted by molar-refractivity contribution is 7.88. The molecule has 4 heteroatoms. The zero-order valence-corrected chi connectivity index (χ0v) is 10.8. The summed E-state index contributed by atoms with van der Waals surface area (Å²) in [7, 11) is -3.17. The molecule has 0 aliphatic heterocycles. The number of nitrogens with one attached hydrogen (secondary N) is 1. The number of rotatable bonds is 5. The largest absolute Gasteiger partial charge is 0.213 e. The molecule has 3 nitrogen and oxygen atoms in total. The first kappa shape index (κ1) is 13.2. The molecule has 0 heterocycles. The number of hydrogen-bond acceptors (Lipinski definition) is 2. The first-order chi connectivity index (χ1) is 7.38. The van der Waals surface area contributed by atoms with E-state index < -0.39 is 10.0 Å². The van der Waals surface area contributed by atoms with E-state index in [1.807, 2.05) is 30.3 Å². The second-order valence-corrected chi connectivity index (χ2v) is 6.26. The fourth-order valence-electron chi connectivity index (χ4n) is 1.67. The maximum Gasteiger partial charge on any atom is 0.209 e. The molecule has 1 atom stereocenters. The molecule has 0 radical (unpaired) electrons. The van der Waals surface area contributed by atoms with E-state index in [1.165, 1.54) is 6.26 Å². The first-order valence-electron chi connectivity index (χ1n) is 5.40. The molecule has 1 rings (SSSR count). The lowest BCUT2D eigenvalue weighted by Gasteiger charge is -2.19. The fourth-order valence-corrected chi connectivity index (χ4v) is 2.42. The highest BCUT2D eigenvalue weighted by Gasteiger charge is 2.16. The Balaban J connectivity index is 2.88. The van der Waals surface area contributed by atoms with Crippen LogP contribution in [0.4, 0.5) is 0 Å². The van der Waals surface area contributed by atoms with Gasteiger partial charge >= 0.3 is 0 Å². The van der Waals surface area contributed by atoms with E-state index in [4.69, 9.17) is 0 Å². The highest BCUT2D eigenvalue weighted by Crippen LogP contribution is 2.21. The van der Waals surface area contributed by atoms with E-state index in [9.17, 15) is 8.42 Å². The molecule has 0 aromatic heterocycles. The molecular formula is C12H19NO2S. The van der Waals surface area contributed by atoms with Gasteiger partial charge in [0.15, 0.2) is 0 Å². The number of sulfonamides is 1. The summed E-state index contributed by atoms with van der Waals surface area (Å²) in [5.41, 5.74) is 1.02. The van der Waals surface area contributed by atoms with Crippen molar-refractivity contribution in [2.24, 2.45) is 5.92 Å². The van der Waals surface area contributed by atoms with Crippen LogP contribution in [0.15, 0.2) is 30.3 Å². The van der Waals surface area contributed by atoms with Crippen LogP contribution in [0, 0.1) is 5.92 Å². The van der Waals surface area contributed by atoms with Gasteiger partial charge in [-0.25, -0.2) is 13.1 Å². The highest BCUT2D eigenvalue weighted by atomic mass is 32.2. The molecule has 0 unspecified atom stereocenters. The van der Waals surface area contributed by atoms with Crippen LogP contribution in [-0.2, 0) is 10.0 Å². The minimum atomic E-state index is -3.17. The summed E-state index contributed by atoms with van der Waals surface area (Å²) in [5, 5.41) is 0. The fraction of sp³-hybridized carbons (Fsp3) is 0.500. The van der Waals surface area contributed by atoms with Crippen molar-refractivity contribution in [1.82, 2.24) is 4.72 Å². The molecule has 0 aliphatic carbocycles. The zero-order valence-electron chi connectivity index (χ0n) is 9.97. The van der Waals surface area contributed by atoms with Crippen LogP contribution in [0.1, 0.15) is 31.9 Å². The van der Waals surface area contributed by atoms with Crippen molar-refractivity contribution in [2.75, 3.05) is 6.26 Å². The van der Waals surface area contributed by atoms with E-state index in [0.717, 1.165) is 12.0 Å². The number of benzene rings is 1. The van der Waals surface area contributed by atoms with Gasteiger partial charge in [0.1, 0.15) is 0 Å². The van der Waals surface area contributed by atoms with Crippen molar-refractivity contribution in [1.29, 1.82) is 0 Å². The summed E-state index contributed by atoms with van der Waals surface area (Å²) >= 11 is 0. The van der Waals surface area contributed by atoms with E-state index in [1.54, 1.807) is 0 Å². The van der Waals surface area contributed by atoms with Crippen molar-refractivity contribution in [3.05, 3.63) is 35.9 Å². The third kappa shape index (κ3) is 4.77. The third-order valence-corrected chi connectivity index (χ3v) is 2.98. The Labute approximate surface area is 97.9 Å². The van der Waals surface area contributed by atoms with Crippen molar-refractivity contribution in [2.45, 2.75) is 26.3 Å². The van der Waals surface area contributed by atoms with Gasteiger partial charge in [0.2, 0.25) is 10.0 Å². The van der Waals surface area contributed by atoms with Gasteiger partial charge in [-0.1, -0.05) is 44.2 Å². The average Bonchev–Trinajstić information content (AvgIpc) is 2.15. The monoisotopic (exact) mass is 241 g/mol. The van der Waals surface area contributed by atoms with Gasteiger partial charge in [-0.15, -0.1) is 0 Å². The average molecular weight is 241 g/mol. The first-order valence-corrected chi connectivity index (χ1v) is 7.30. The minimum Gasteiger partial charge on any atom is -0.213 e. The van der Waals surface area contributed by atoms with E-state index >= 15 is 0 Å². The van der Waals surface area contributed by atoms with Crippen LogP contribution in [0.3, 0.4) is 0 Å². The Bertz CT molecular complexity index is 412. The number of hydrogen-bond donors (Lipinski definition) is 1. The molecule has 0 saturated heterocycles. The van der Waals surface area contributed by atoms with Gasteiger partial charge < -0.3 is 0 Å². The quantitative estimate of drug-likeness (QED) is 0.860. The molecule has 1 aromatic rings. The van der Waals surface area contributed by atoms with Crippen LogP contribution >= 0.6 is 0 Å². The molecular weight excluding hydrogens is 222 g/mol. The van der Waals surface area contributed by atoms with Crippen LogP contribution in [0.25, 0.3) is 0 Å². The van der Waals surface area contributed by atoms with Gasteiger partial charge in [0, 0.05) is 6.04 Å². The van der Waals surface area contributed by atoms with Crippen LogP contribution in [0.2, 0.25) is 0 Å². The smallest absolute Gasteiger partial charge is 0.209 e. The maximum absolute atomic E-state index is 11.3. The summed E-state index contributed by atoms with van der Waals surface area (Å²) in [4.78, 5) is 0. The predicted molar refractivity (Wildman–Crippen MR) is 66.6 cm³/mol. The second kappa shape index (κ2) is 5.46. The van der Waals surface area contributed by atoms with Crippen LogP contribution < -0.4 is 4.72 Å². The van der Waals surface area contributed by atoms with Gasteiger partial charge in [0.25, 0.3) is 0 Å². The zero-order chi connectivity index (χ0) is 12.2. The second-order valence-electron chi connectivity index (χ2n) is 4.48. The predicted octanol–water partition coefficient (Wildman–Crippen LogP) is 2.32. The Morgan fingerprint density at radius 3 is 2.19 bits per heavy atom. The molecule has 0 fully saturated rings. The molecule has 16 heavy (non-hydrogen) atoms. The van der Waals surface area contributed by atoms with Gasteiger partial charge in [-0.05, 0) is 17.9 Å². The van der Waals surface area contributed by atoms with Gasteiger partial charge in [0.05, 0.1) is 6.26 Å². The van der Waals surface area contributed by atoms with Gasteiger partial charge in [-0.2, -0.15) is 0 Å². The van der Waals surface area contributed by atoms with Crippen LogP contribution in [0.5, 0.6) is 0 Å². The van der Waals surface area contributed by atoms with Gasteiger partial charge in [-0.3, -0.25) is 0 Å². The molecule has 0 spiro atoms. The standard InChI is InChI=1S/C12H19NO2S/c1-10(2)9-12(13-16(3,14)15)11-7-5-4-6-8-11/h4-8,10,12-13H,9H2,1-3H3/t12-/m0/s1. The van der Waals surface area contributed by atoms with Crippen molar-refractivity contribution in [3.8, 4) is 0 Å². The molecule has 1 aromatic carbocycles. The lowest BCUT2D eigenvalue weighted by Crippen LogP contribution is -2.28. The van der Waals surface area contributed by atoms with Crippen molar-refractivity contribution >= 4 is 10.0 Å². The van der Waals surface area contributed by atoms with E-state index in [-0.39, 0.29) is 6.04 Å². The molecule has 90 valence electrons. The maximum atomic E-state index is 11.3. The van der Waals surface area contributed by atoms with Crippen molar-refractivity contribution in [3.63, 3.8) is 0 Å².